The maximum atomic E-state index is 4.65. The highest BCUT2D eigenvalue weighted by Gasteiger charge is 2.05. The van der Waals surface area contributed by atoms with E-state index in [0.29, 0.717) is 0 Å². The summed E-state index contributed by atoms with van der Waals surface area (Å²) in [5, 5.41) is 2.62. The third kappa shape index (κ3) is 3.72. The van der Waals surface area contributed by atoms with Gasteiger partial charge in [0.2, 0.25) is 0 Å². The molecule has 25 heavy (non-hydrogen) atoms. The first-order valence-corrected chi connectivity index (χ1v) is 8.88. The number of aromatic amines is 1. The smallest absolute Gasteiger partial charge is 0.107 e. The largest absolute Gasteiger partial charge is 0.342 e. The van der Waals surface area contributed by atoms with Crippen LogP contribution < -0.4 is 0 Å². The average Bonchev–Trinajstić information content (AvgIpc) is 3.04. The van der Waals surface area contributed by atoms with Crippen LogP contribution in [0, 0.1) is 0 Å². The lowest BCUT2D eigenvalue weighted by molar-refractivity contribution is 0.321. The summed E-state index contributed by atoms with van der Waals surface area (Å²) >= 11 is 0. The maximum Gasteiger partial charge on any atom is 0.107 e. The Bertz CT molecular complexity index is 954. The molecule has 0 saturated carbocycles. The first kappa shape index (κ1) is 15.9. The van der Waals surface area contributed by atoms with Gasteiger partial charge < -0.3 is 9.88 Å². The molecule has 3 aromatic carbocycles. The summed E-state index contributed by atoms with van der Waals surface area (Å²) < 4.78 is 0. The topological polar surface area (TPSA) is 31.9 Å². The molecule has 1 heterocycles. The quantitative estimate of drug-likeness (QED) is 0.552. The van der Waals surface area contributed by atoms with E-state index in [1.165, 1.54) is 16.3 Å². The van der Waals surface area contributed by atoms with Crippen LogP contribution in [0.15, 0.2) is 66.7 Å². The van der Waals surface area contributed by atoms with Gasteiger partial charge in [-0.1, -0.05) is 48.5 Å². The van der Waals surface area contributed by atoms with Crippen molar-refractivity contribution in [3.63, 3.8) is 0 Å². The van der Waals surface area contributed by atoms with Gasteiger partial charge in [0.25, 0.3) is 0 Å². The third-order valence-electron chi connectivity index (χ3n) is 4.66. The van der Waals surface area contributed by atoms with Crippen LogP contribution in [0.4, 0.5) is 0 Å². The molecule has 0 atom stereocenters. The monoisotopic (exact) mass is 329 g/mol. The summed E-state index contributed by atoms with van der Waals surface area (Å²) in [5.41, 5.74) is 3.55. The van der Waals surface area contributed by atoms with Crippen LogP contribution in [0.2, 0.25) is 0 Å². The van der Waals surface area contributed by atoms with Gasteiger partial charge in [-0.05, 0) is 54.5 Å². The zero-order valence-corrected chi connectivity index (χ0v) is 14.6. The van der Waals surface area contributed by atoms with Crippen molar-refractivity contribution in [2.24, 2.45) is 0 Å². The molecule has 0 amide bonds. The normalized spacial score (nSPS) is 11.6. The third-order valence-corrected chi connectivity index (χ3v) is 4.66. The number of nitrogens with zero attached hydrogens (tertiary/aromatic N) is 2. The fourth-order valence-electron chi connectivity index (χ4n) is 3.37. The van der Waals surface area contributed by atoms with Gasteiger partial charge in [0.1, 0.15) is 5.82 Å². The molecule has 0 bridgehead atoms. The fraction of sp³-hybridized carbons (Fsp3) is 0.227. The van der Waals surface area contributed by atoms with E-state index in [9.17, 15) is 0 Å². The molecular formula is C22H23N3. The Hall–Kier alpha value is -2.65. The van der Waals surface area contributed by atoms with Crippen LogP contribution >= 0.6 is 0 Å². The minimum atomic E-state index is 0.977. The highest BCUT2D eigenvalue weighted by atomic mass is 15.1. The van der Waals surface area contributed by atoms with Crippen LogP contribution in [0.1, 0.15) is 17.8 Å². The van der Waals surface area contributed by atoms with E-state index in [-0.39, 0.29) is 0 Å². The highest BCUT2D eigenvalue weighted by molar-refractivity contribution is 5.83. The average molecular weight is 329 g/mol. The molecule has 1 N–H and O–H groups in total. The van der Waals surface area contributed by atoms with Crippen LogP contribution in [0.5, 0.6) is 0 Å². The highest BCUT2D eigenvalue weighted by Crippen LogP contribution is 2.17. The summed E-state index contributed by atoms with van der Waals surface area (Å²) in [6.07, 6.45) is 2.08. The van der Waals surface area contributed by atoms with Gasteiger partial charge >= 0.3 is 0 Å². The molecular weight excluding hydrogens is 306 g/mol. The molecule has 0 aliphatic carbocycles. The lowest BCUT2D eigenvalue weighted by atomic mass is 10.1. The fourth-order valence-corrected chi connectivity index (χ4v) is 3.37. The molecule has 0 aliphatic rings. The van der Waals surface area contributed by atoms with Gasteiger partial charge in [-0.2, -0.15) is 0 Å². The number of H-pyrrole nitrogens is 1. The second-order valence-corrected chi connectivity index (χ2v) is 6.72. The number of hydrogen-bond acceptors (Lipinski definition) is 2. The van der Waals surface area contributed by atoms with E-state index in [0.717, 1.165) is 42.8 Å². The van der Waals surface area contributed by atoms with E-state index in [1.54, 1.807) is 0 Å². The maximum absolute atomic E-state index is 4.65. The van der Waals surface area contributed by atoms with Crippen molar-refractivity contribution in [2.45, 2.75) is 19.4 Å². The van der Waals surface area contributed by atoms with Crippen molar-refractivity contribution in [2.75, 3.05) is 13.6 Å². The molecule has 4 aromatic rings. The summed E-state index contributed by atoms with van der Waals surface area (Å²) in [6, 6.07) is 23.5. The minimum absolute atomic E-state index is 0.977. The zero-order valence-electron chi connectivity index (χ0n) is 14.6. The van der Waals surface area contributed by atoms with Gasteiger partial charge in [-0.15, -0.1) is 0 Å². The molecule has 0 spiro atoms. The number of benzene rings is 3. The first-order valence-electron chi connectivity index (χ1n) is 8.88. The van der Waals surface area contributed by atoms with Gasteiger partial charge in [0, 0.05) is 13.0 Å². The number of imidazole rings is 1. The standard InChI is InChI=1S/C22H23N3/c1-25(16-17-12-13-18-7-2-3-8-19(18)15-17)14-6-11-22-23-20-9-4-5-10-21(20)24-22/h2-5,7-10,12-13,15H,6,11,14,16H2,1H3,(H,23,24). The molecule has 3 heteroatoms. The molecule has 0 saturated heterocycles. The number of fused-ring (bicyclic) bond motifs is 2. The number of aromatic nitrogens is 2. The predicted octanol–water partition coefficient (Wildman–Crippen LogP) is 4.78. The predicted molar refractivity (Wildman–Crippen MR) is 105 cm³/mol. The Morgan fingerprint density at radius 3 is 2.60 bits per heavy atom. The first-order chi connectivity index (χ1) is 12.3. The Kier molecular flexibility index (Phi) is 4.49. The Labute approximate surface area is 148 Å². The number of rotatable bonds is 6. The lowest BCUT2D eigenvalue weighted by Gasteiger charge is -2.16. The molecule has 0 fully saturated rings. The van der Waals surface area contributed by atoms with Crippen molar-refractivity contribution in [3.8, 4) is 0 Å². The second kappa shape index (κ2) is 7.08. The second-order valence-electron chi connectivity index (χ2n) is 6.72. The summed E-state index contributed by atoms with van der Waals surface area (Å²) in [5.74, 6) is 1.08. The Morgan fingerprint density at radius 2 is 1.72 bits per heavy atom. The molecule has 126 valence electrons. The van der Waals surface area contributed by atoms with Gasteiger partial charge in [0.15, 0.2) is 0 Å². The van der Waals surface area contributed by atoms with Crippen LogP contribution in [-0.2, 0) is 13.0 Å². The molecule has 0 radical (unpaired) electrons. The molecule has 4 rings (SSSR count). The van der Waals surface area contributed by atoms with Gasteiger partial charge in [-0.25, -0.2) is 4.98 Å². The van der Waals surface area contributed by atoms with E-state index in [2.05, 4.69) is 76.5 Å². The molecule has 0 aliphatic heterocycles. The van der Waals surface area contributed by atoms with Crippen molar-refractivity contribution in [1.82, 2.24) is 14.9 Å². The lowest BCUT2D eigenvalue weighted by Crippen LogP contribution is -2.19. The summed E-state index contributed by atoms with van der Waals surface area (Å²) in [7, 11) is 2.19. The molecule has 3 nitrogen and oxygen atoms in total. The zero-order chi connectivity index (χ0) is 17.1. The van der Waals surface area contributed by atoms with Crippen molar-refractivity contribution < 1.29 is 0 Å². The van der Waals surface area contributed by atoms with Crippen molar-refractivity contribution in [1.29, 1.82) is 0 Å². The summed E-state index contributed by atoms with van der Waals surface area (Å²) in [6.45, 7) is 2.04. The van der Waals surface area contributed by atoms with E-state index >= 15 is 0 Å². The Balaban J connectivity index is 1.32. The van der Waals surface area contributed by atoms with Gasteiger partial charge in [-0.3, -0.25) is 0 Å². The van der Waals surface area contributed by atoms with Crippen LogP contribution in [-0.4, -0.2) is 28.5 Å². The summed E-state index contributed by atoms with van der Waals surface area (Å²) in [4.78, 5) is 10.4. The van der Waals surface area contributed by atoms with E-state index in [4.69, 9.17) is 0 Å². The van der Waals surface area contributed by atoms with Crippen molar-refractivity contribution >= 4 is 21.8 Å². The van der Waals surface area contributed by atoms with Crippen LogP contribution in [0.3, 0.4) is 0 Å². The van der Waals surface area contributed by atoms with E-state index in [1.807, 2.05) is 12.1 Å². The number of hydrogen-bond donors (Lipinski definition) is 1. The molecule has 1 aromatic heterocycles. The van der Waals surface area contributed by atoms with Gasteiger partial charge in [0.05, 0.1) is 11.0 Å². The SMILES string of the molecule is CN(CCCc1nc2ccccc2[nH]1)Cc1ccc2ccccc2c1. The number of para-hydroxylation sites is 2. The molecule has 0 unspecified atom stereocenters. The number of aryl methyl sites for hydroxylation is 1. The Morgan fingerprint density at radius 1 is 0.920 bits per heavy atom. The van der Waals surface area contributed by atoms with Crippen LogP contribution in [0.25, 0.3) is 21.8 Å². The minimum Gasteiger partial charge on any atom is -0.342 e. The van der Waals surface area contributed by atoms with Crippen molar-refractivity contribution in [3.05, 3.63) is 78.1 Å². The number of nitrogens with one attached hydrogen (secondary N) is 1. The van der Waals surface area contributed by atoms with E-state index < -0.39 is 0 Å².